The summed E-state index contributed by atoms with van der Waals surface area (Å²) in [5, 5.41) is 7.25. The van der Waals surface area contributed by atoms with Crippen molar-refractivity contribution in [2.45, 2.75) is 31.3 Å². The molecule has 6 nitrogen and oxygen atoms in total. The quantitative estimate of drug-likeness (QED) is 0.681. The molecule has 0 aliphatic heterocycles. The van der Waals surface area contributed by atoms with Crippen molar-refractivity contribution in [1.82, 2.24) is 19.8 Å². The average Bonchev–Trinajstić information content (AvgIpc) is 2.64. The number of hydrogen-bond donors (Lipinski definition) is 2. The minimum absolute atomic E-state index is 0.189. The molecule has 0 saturated carbocycles. The lowest BCUT2D eigenvalue weighted by Crippen LogP contribution is -2.30. The monoisotopic (exact) mass is 260 g/mol. The molecule has 1 rings (SSSR count). The van der Waals surface area contributed by atoms with E-state index in [1.54, 1.807) is 7.05 Å². The number of hydrogen-bond acceptors (Lipinski definition) is 4. The number of sulfonamides is 1. The van der Waals surface area contributed by atoms with E-state index < -0.39 is 10.0 Å². The van der Waals surface area contributed by atoms with Gasteiger partial charge in [0.2, 0.25) is 0 Å². The molecule has 0 amide bonds. The average molecular weight is 260 g/mol. The Morgan fingerprint density at radius 3 is 2.65 bits per heavy atom. The lowest BCUT2D eigenvalue weighted by molar-refractivity contribution is 0.546. The minimum atomic E-state index is -3.43. The van der Waals surface area contributed by atoms with E-state index in [2.05, 4.69) is 29.0 Å². The maximum atomic E-state index is 11.8. The first-order chi connectivity index (χ1) is 7.93. The van der Waals surface area contributed by atoms with Gasteiger partial charge in [-0.05, 0) is 19.0 Å². The first kappa shape index (κ1) is 14.1. The second kappa shape index (κ2) is 6.13. The Hall–Kier alpha value is -0.920. The van der Waals surface area contributed by atoms with Gasteiger partial charge in [0, 0.05) is 19.6 Å². The number of nitrogens with one attached hydrogen (secondary N) is 2. The van der Waals surface area contributed by atoms with Crippen LogP contribution in [0, 0.1) is 0 Å². The van der Waals surface area contributed by atoms with Crippen LogP contribution in [0.25, 0.3) is 0 Å². The van der Waals surface area contributed by atoms with Crippen LogP contribution >= 0.6 is 0 Å². The van der Waals surface area contributed by atoms with Crippen molar-refractivity contribution >= 4 is 10.0 Å². The molecule has 7 heteroatoms. The van der Waals surface area contributed by atoms with E-state index in [9.17, 15) is 8.42 Å². The minimum Gasteiger partial charge on any atom is -0.314 e. The lowest BCUT2D eigenvalue weighted by Gasteiger charge is -2.09. The summed E-state index contributed by atoms with van der Waals surface area (Å²) < 4.78 is 27.5. The SMILES string of the molecule is CC(C)NCCCNS(=O)(=O)c1ccnn1C. The summed E-state index contributed by atoms with van der Waals surface area (Å²) >= 11 is 0. The Kier molecular flexibility index (Phi) is 5.10. The van der Waals surface area contributed by atoms with E-state index in [1.807, 2.05) is 0 Å². The predicted molar refractivity (Wildman–Crippen MR) is 66.2 cm³/mol. The van der Waals surface area contributed by atoms with Gasteiger partial charge in [-0.3, -0.25) is 4.68 Å². The van der Waals surface area contributed by atoms with Gasteiger partial charge in [0.15, 0.2) is 5.03 Å². The molecule has 0 radical (unpaired) electrons. The van der Waals surface area contributed by atoms with Crippen molar-refractivity contribution in [3.63, 3.8) is 0 Å². The van der Waals surface area contributed by atoms with Gasteiger partial charge in [0.25, 0.3) is 10.0 Å². The maximum Gasteiger partial charge on any atom is 0.257 e. The summed E-state index contributed by atoms with van der Waals surface area (Å²) in [5.74, 6) is 0. The summed E-state index contributed by atoms with van der Waals surface area (Å²) in [6.45, 7) is 5.33. The van der Waals surface area contributed by atoms with Crippen molar-refractivity contribution < 1.29 is 8.42 Å². The van der Waals surface area contributed by atoms with Crippen molar-refractivity contribution in [3.05, 3.63) is 12.3 Å². The van der Waals surface area contributed by atoms with E-state index in [0.29, 0.717) is 12.6 Å². The van der Waals surface area contributed by atoms with Crippen molar-refractivity contribution in [2.75, 3.05) is 13.1 Å². The van der Waals surface area contributed by atoms with Gasteiger partial charge in [0.1, 0.15) is 0 Å². The van der Waals surface area contributed by atoms with Crippen LogP contribution in [0.15, 0.2) is 17.3 Å². The number of aryl methyl sites for hydroxylation is 1. The predicted octanol–water partition coefficient (Wildman–Crippen LogP) is 0.0865. The van der Waals surface area contributed by atoms with Crippen molar-refractivity contribution in [3.8, 4) is 0 Å². The van der Waals surface area contributed by atoms with Crippen LogP contribution in [-0.2, 0) is 17.1 Å². The van der Waals surface area contributed by atoms with E-state index in [0.717, 1.165) is 13.0 Å². The Morgan fingerprint density at radius 2 is 2.12 bits per heavy atom. The fourth-order valence-corrected chi connectivity index (χ4v) is 2.58. The fourth-order valence-electron chi connectivity index (χ4n) is 1.38. The number of aromatic nitrogens is 2. The molecule has 2 N–H and O–H groups in total. The zero-order valence-electron chi connectivity index (χ0n) is 10.5. The lowest BCUT2D eigenvalue weighted by atomic mass is 10.3. The van der Waals surface area contributed by atoms with E-state index in [4.69, 9.17) is 0 Å². The molecule has 0 spiro atoms. The zero-order valence-corrected chi connectivity index (χ0v) is 11.3. The molecule has 0 aliphatic carbocycles. The van der Waals surface area contributed by atoms with Gasteiger partial charge in [-0.25, -0.2) is 13.1 Å². The number of rotatable bonds is 7. The molecule has 17 heavy (non-hydrogen) atoms. The van der Waals surface area contributed by atoms with Crippen LogP contribution < -0.4 is 10.0 Å². The molecule has 0 bridgehead atoms. The molecular weight excluding hydrogens is 240 g/mol. The van der Waals surface area contributed by atoms with Crippen LogP contribution in [0.3, 0.4) is 0 Å². The van der Waals surface area contributed by atoms with Gasteiger partial charge < -0.3 is 5.32 Å². The molecule has 1 aromatic rings. The van der Waals surface area contributed by atoms with Gasteiger partial charge in [-0.15, -0.1) is 0 Å². The van der Waals surface area contributed by atoms with Crippen LogP contribution in [0.2, 0.25) is 0 Å². The summed E-state index contributed by atoms with van der Waals surface area (Å²) in [4.78, 5) is 0. The van der Waals surface area contributed by atoms with E-state index in [1.165, 1.54) is 16.9 Å². The third-order valence-corrected chi connectivity index (χ3v) is 3.78. The Bertz CT molecular complexity index is 439. The second-order valence-corrected chi connectivity index (χ2v) is 5.87. The number of nitrogens with zero attached hydrogens (tertiary/aromatic N) is 2. The zero-order chi connectivity index (χ0) is 12.9. The highest BCUT2D eigenvalue weighted by Crippen LogP contribution is 2.05. The highest BCUT2D eigenvalue weighted by atomic mass is 32.2. The maximum absolute atomic E-state index is 11.8. The Morgan fingerprint density at radius 1 is 1.41 bits per heavy atom. The molecule has 0 atom stereocenters. The van der Waals surface area contributed by atoms with Crippen LogP contribution in [-0.4, -0.2) is 37.3 Å². The standard InChI is InChI=1S/C10H20N4O2S/c1-9(2)11-6-4-7-13-17(15,16)10-5-8-12-14(10)3/h5,8-9,11,13H,4,6-7H2,1-3H3. The summed E-state index contributed by atoms with van der Waals surface area (Å²) in [5.41, 5.74) is 0. The van der Waals surface area contributed by atoms with E-state index >= 15 is 0 Å². The Balaban J connectivity index is 2.39. The van der Waals surface area contributed by atoms with Gasteiger partial charge in [0.05, 0.1) is 6.20 Å². The summed E-state index contributed by atoms with van der Waals surface area (Å²) in [6.07, 6.45) is 2.23. The molecule has 0 unspecified atom stereocenters. The molecule has 0 fully saturated rings. The van der Waals surface area contributed by atoms with Gasteiger partial charge >= 0.3 is 0 Å². The van der Waals surface area contributed by atoms with Crippen LogP contribution in [0.4, 0.5) is 0 Å². The topological polar surface area (TPSA) is 76.0 Å². The molecule has 98 valence electrons. The molecule has 1 aromatic heterocycles. The fraction of sp³-hybridized carbons (Fsp3) is 0.700. The first-order valence-corrected chi connectivity index (χ1v) is 7.13. The van der Waals surface area contributed by atoms with Crippen LogP contribution in [0.1, 0.15) is 20.3 Å². The largest absolute Gasteiger partial charge is 0.314 e. The smallest absolute Gasteiger partial charge is 0.257 e. The molecular formula is C10H20N4O2S. The third-order valence-electron chi connectivity index (χ3n) is 2.25. The normalized spacial score (nSPS) is 12.2. The van der Waals surface area contributed by atoms with Crippen molar-refractivity contribution in [1.29, 1.82) is 0 Å². The highest BCUT2D eigenvalue weighted by Gasteiger charge is 2.16. The summed E-state index contributed by atoms with van der Waals surface area (Å²) in [7, 11) is -1.82. The second-order valence-electron chi connectivity index (χ2n) is 4.15. The van der Waals surface area contributed by atoms with Crippen LogP contribution in [0.5, 0.6) is 0 Å². The van der Waals surface area contributed by atoms with Gasteiger partial charge in [-0.1, -0.05) is 13.8 Å². The summed E-state index contributed by atoms with van der Waals surface area (Å²) in [6, 6.07) is 1.90. The van der Waals surface area contributed by atoms with E-state index in [-0.39, 0.29) is 5.03 Å². The molecule has 0 aliphatic rings. The van der Waals surface area contributed by atoms with Gasteiger partial charge in [-0.2, -0.15) is 5.10 Å². The highest BCUT2D eigenvalue weighted by molar-refractivity contribution is 7.89. The molecule has 0 aromatic carbocycles. The molecule has 0 saturated heterocycles. The third kappa shape index (κ3) is 4.45. The molecule has 1 heterocycles. The van der Waals surface area contributed by atoms with Crippen molar-refractivity contribution in [2.24, 2.45) is 7.05 Å². The Labute approximate surface area is 102 Å². The first-order valence-electron chi connectivity index (χ1n) is 5.64.